The van der Waals surface area contributed by atoms with Gasteiger partial charge in [-0.15, -0.1) is 0 Å². The topological polar surface area (TPSA) is 52.7 Å². The van der Waals surface area contributed by atoms with Crippen LogP contribution in [0.3, 0.4) is 0 Å². The minimum Gasteiger partial charge on any atom is -0.294 e. The van der Waals surface area contributed by atoms with Crippen molar-refractivity contribution in [3.05, 3.63) is 113 Å². The van der Waals surface area contributed by atoms with Crippen molar-refractivity contribution < 1.29 is 0 Å². The lowest BCUT2D eigenvalue weighted by Gasteiger charge is -2.08. The molecule has 2 heterocycles. The number of hydrogen-bond donors (Lipinski definition) is 0. The quantitative estimate of drug-likeness (QED) is 0.469. The van der Waals surface area contributed by atoms with Crippen molar-refractivity contribution in [2.45, 2.75) is 6.54 Å². The van der Waals surface area contributed by atoms with Crippen LogP contribution in [0.5, 0.6) is 0 Å². The first-order valence-electron chi connectivity index (χ1n) is 9.42. The van der Waals surface area contributed by atoms with Crippen molar-refractivity contribution >= 4 is 11.0 Å². The van der Waals surface area contributed by atoms with Crippen molar-refractivity contribution in [1.29, 1.82) is 0 Å². The highest BCUT2D eigenvalue weighted by Crippen LogP contribution is 2.19. The average molecular weight is 378 g/mol. The van der Waals surface area contributed by atoms with E-state index in [1.54, 1.807) is 21.8 Å². The summed E-state index contributed by atoms with van der Waals surface area (Å²) < 4.78 is 3.31. The predicted octanol–water partition coefficient (Wildman–Crippen LogP) is 4.30. The van der Waals surface area contributed by atoms with Gasteiger partial charge in [0.2, 0.25) is 0 Å². The van der Waals surface area contributed by atoms with E-state index >= 15 is 0 Å². The molecule has 0 saturated carbocycles. The van der Waals surface area contributed by atoms with Crippen molar-refractivity contribution in [2.75, 3.05) is 0 Å². The van der Waals surface area contributed by atoms with Crippen LogP contribution < -0.4 is 5.56 Å². The van der Waals surface area contributed by atoms with E-state index < -0.39 is 0 Å². The van der Waals surface area contributed by atoms with Gasteiger partial charge in [-0.2, -0.15) is 5.10 Å². The molecule has 5 heteroatoms. The van der Waals surface area contributed by atoms with E-state index in [-0.39, 0.29) is 5.56 Å². The number of rotatable bonds is 4. The van der Waals surface area contributed by atoms with Gasteiger partial charge in [0.15, 0.2) is 5.65 Å². The molecule has 0 aliphatic heterocycles. The molecule has 0 spiro atoms. The summed E-state index contributed by atoms with van der Waals surface area (Å²) in [5.74, 6) is 0. The summed E-state index contributed by atoms with van der Waals surface area (Å²) in [6.07, 6.45) is 3.18. The van der Waals surface area contributed by atoms with E-state index in [4.69, 9.17) is 0 Å². The van der Waals surface area contributed by atoms with Crippen molar-refractivity contribution in [3.63, 3.8) is 0 Å². The number of nitrogens with zero attached hydrogens (tertiary/aromatic N) is 4. The highest BCUT2D eigenvalue weighted by atomic mass is 16.1. The molecule has 0 N–H and O–H groups in total. The minimum atomic E-state index is -0.0932. The number of benzene rings is 3. The zero-order chi connectivity index (χ0) is 19.6. The summed E-state index contributed by atoms with van der Waals surface area (Å²) in [4.78, 5) is 17.4. The fraction of sp³-hybridized carbons (Fsp3) is 0.0417. The van der Waals surface area contributed by atoms with Crippen LogP contribution in [-0.4, -0.2) is 19.3 Å². The first-order chi connectivity index (χ1) is 14.3. The molecular formula is C24H18N4O. The Balaban J connectivity index is 1.45. The van der Waals surface area contributed by atoms with E-state index in [1.807, 2.05) is 60.7 Å². The zero-order valence-electron chi connectivity index (χ0n) is 15.6. The van der Waals surface area contributed by atoms with Gasteiger partial charge < -0.3 is 0 Å². The molecule has 2 aromatic heterocycles. The van der Waals surface area contributed by atoms with Crippen molar-refractivity contribution in [1.82, 2.24) is 19.3 Å². The van der Waals surface area contributed by atoms with E-state index in [0.29, 0.717) is 17.6 Å². The smallest absolute Gasteiger partial charge is 0.264 e. The van der Waals surface area contributed by atoms with Crippen LogP contribution in [0.15, 0.2) is 102 Å². The summed E-state index contributed by atoms with van der Waals surface area (Å²) in [7, 11) is 0. The number of fused-ring (bicyclic) bond motifs is 1. The van der Waals surface area contributed by atoms with Crippen LogP contribution in [-0.2, 0) is 6.54 Å². The van der Waals surface area contributed by atoms with Crippen LogP contribution in [0, 0.1) is 0 Å². The second-order valence-electron chi connectivity index (χ2n) is 6.87. The van der Waals surface area contributed by atoms with Gasteiger partial charge in [0, 0.05) is 0 Å². The first-order valence-corrected chi connectivity index (χ1v) is 9.42. The Hall–Kier alpha value is -3.99. The summed E-state index contributed by atoms with van der Waals surface area (Å²) in [6, 6.07) is 28.2. The van der Waals surface area contributed by atoms with Crippen LogP contribution in [0.25, 0.3) is 27.8 Å². The summed E-state index contributed by atoms with van der Waals surface area (Å²) in [5, 5.41) is 4.87. The summed E-state index contributed by atoms with van der Waals surface area (Å²) in [6.45, 7) is 0.466. The third-order valence-electron chi connectivity index (χ3n) is 4.97. The van der Waals surface area contributed by atoms with Gasteiger partial charge in [0.05, 0.1) is 18.4 Å². The Bertz CT molecular complexity index is 1320. The molecule has 0 saturated heterocycles. The number of para-hydroxylation sites is 1. The second-order valence-corrected chi connectivity index (χ2v) is 6.87. The van der Waals surface area contributed by atoms with Gasteiger partial charge in [0.1, 0.15) is 11.7 Å². The third-order valence-corrected chi connectivity index (χ3v) is 4.97. The standard InChI is InChI=1S/C24H18N4O/c29-24-22-15-26-28(21-9-5-2-6-10-21)23(22)25-17-27(24)16-18-11-13-20(14-12-18)19-7-3-1-4-8-19/h1-15,17H,16H2. The molecule has 3 aromatic carbocycles. The van der Waals surface area contributed by atoms with E-state index in [1.165, 1.54) is 5.56 Å². The van der Waals surface area contributed by atoms with E-state index in [2.05, 4.69) is 34.3 Å². The maximum atomic E-state index is 12.9. The fourth-order valence-electron chi connectivity index (χ4n) is 3.45. The lowest BCUT2D eigenvalue weighted by Crippen LogP contribution is -2.21. The molecule has 0 unspecified atom stereocenters. The predicted molar refractivity (Wildman–Crippen MR) is 114 cm³/mol. The largest absolute Gasteiger partial charge is 0.294 e. The molecule has 0 bridgehead atoms. The molecule has 5 rings (SSSR count). The minimum absolute atomic E-state index is 0.0932. The maximum Gasteiger partial charge on any atom is 0.264 e. The van der Waals surface area contributed by atoms with Crippen molar-refractivity contribution in [3.8, 4) is 16.8 Å². The first kappa shape index (κ1) is 17.1. The molecular weight excluding hydrogens is 360 g/mol. The number of aromatic nitrogens is 4. The molecule has 0 aliphatic rings. The summed E-state index contributed by atoms with van der Waals surface area (Å²) >= 11 is 0. The lowest BCUT2D eigenvalue weighted by molar-refractivity contribution is 0.745. The normalized spacial score (nSPS) is 11.0. The zero-order valence-corrected chi connectivity index (χ0v) is 15.6. The Morgan fingerprint density at radius 2 is 1.41 bits per heavy atom. The van der Waals surface area contributed by atoms with Gasteiger partial charge >= 0.3 is 0 Å². The molecule has 0 aliphatic carbocycles. The SMILES string of the molecule is O=c1c2cnn(-c3ccccc3)c2ncn1Cc1ccc(-c2ccccc2)cc1. The Labute approximate surface area is 167 Å². The highest BCUT2D eigenvalue weighted by molar-refractivity contribution is 5.75. The van der Waals surface area contributed by atoms with Crippen LogP contribution in [0.1, 0.15) is 5.56 Å². The van der Waals surface area contributed by atoms with Gasteiger partial charge in [-0.25, -0.2) is 9.67 Å². The van der Waals surface area contributed by atoms with Gasteiger partial charge in [-0.05, 0) is 28.8 Å². The van der Waals surface area contributed by atoms with Gasteiger partial charge in [-0.3, -0.25) is 9.36 Å². The van der Waals surface area contributed by atoms with Gasteiger partial charge in [-0.1, -0.05) is 72.8 Å². The molecule has 0 fully saturated rings. The maximum absolute atomic E-state index is 12.9. The van der Waals surface area contributed by atoms with E-state index in [9.17, 15) is 4.79 Å². The molecule has 29 heavy (non-hydrogen) atoms. The van der Waals surface area contributed by atoms with Crippen molar-refractivity contribution in [2.24, 2.45) is 0 Å². The highest BCUT2D eigenvalue weighted by Gasteiger charge is 2.11. The Morgan fingerprint density at radius 1 is 0.759 bits per heavy atom. The monoisotopic (exact) mass is 378 g/mol. The van der Waals surface area contributed by atoms with Gasteiger partial charge in [0.25, 0.3) is 5.56 Å². The molecule has 5 aromatic rings. The molecule has 0 amide bonds. The molecule has 5 nitrogen and oxygen atoms in total. The molecule has 140 valence electrons. The number of hydrogen-bond acceptors (Lipinski definition) is 3. The lowest BCUT2D eigenvalue weighted by atomic mass is 10.0. The summed E-state index contributed by atoms with van der Waals surface area (Å²) in [5.41, 5.74) is 4.72. The van der Waals surface area contributed by atoms with Crippen LogP contribution >= 0.6 is 0 Å². The molecule has 0 radical (unpaired) electrons. The van der Waals surface area contributed by atoms with Crippen LogP contribution in [0.4, 0.5) is 0 Å². The second kappa shape index (κ2) is 7.20. The Morgan fingerprint density at radius 3 is 2.14 bits per heavy atom. The third kappa shape index (κ3) is 3.23. The molecule has 0 atom stereocenters. The van der Waals surface area contributed by atoms with Crippen LogP contribution in [0.2, 0.25) is 0 Å². The van der Waals surface area contributed by atoms with E-state index in [0.717, 1.165) is 16.8 Å². The fourth-order valence-corrected chi connectivity index (χ4v) is 3.45. The average Bonchev–Trinajstić information content (AvgIpc) is 3.22. The Kier molecular flexibility index (Phi) is 4.26.